The van der Waals surface area contributed by atoms with Crippen LogP contribution >= 0.6 is 0 Å². The summed E-state index contributed by atoms with van der Waals surface area (Å²) in [5.41, 5.74) is 2.11. The molecule has 4 rings (SSSR count). The summed E-state index contributed by atoms with van der Waals surface area (Å²) >= 11 is 0. The lowest BCUT2D eigenvalue weighted by Gasteiger charge is -2.33. The van der Waals surface area contributed by atoms with E-state index in [1.807, 2.05) is 35.7 Å². The number of methoxy groups -OCH3 is 1. The minimum Gasteiger partial charge on any atom is -0.496 e. The third-order valence-electron chi connectivity index (χ3n) is 5.04. The van der Waals surface area contributed by atoms with E-state index >= 15 is 0 Å². The molecule has 0 spiro atoms. The van der Waals surface area contributed by atoms with Crippen LogP contribution in [0.5, 0.6) is 5.75 Å². The normalized spacial score (nSPS) is 15.7. The highest BCUT2D eigenvalue weighted by atomic mass is 16.5. The minimum atomic E-state index is 0.688. The first-order chi connectivity index (χ1) is 12.2. The van der Waals surface area contributed by atoms with E-state index in [1.54, 1.807) is 7.11 Å². The molecule has 0 unspecified atom stereocenters. The second kappa shape index (κ2) is 6.70. The molecular formula is C19H23N5O. The molecule has 25 heavy (non-hydrogen) atoms. The second-order valence-corrected chi connectivity index (χ2v) is 6.66. The number of aryl methyl sites for hydroxylation is 1. The first kappa shape index (κ1) is 15.9. The van der Waals surface area contributed by atoms with Crippen molar-refractivity contribution < 1.29 is 4.74 Å². The zero-order chi connectivity index (χ0) is 17.2. The zero-order valence-corrected chi connectivity index (χ0v) is 14.7. The van der Waals surface area contributed by atoms with Gasteiger partial charge in [0.1, 0.15) is 11.6 Å². The molecule has 1 saturated heterocycles. The van der Waals surface area contributed by atoms with Crippen molar-refractivity contribution in [2.75, 3.05) is 25.1 Å². The Morgan fingerprint density at radius 3 is 2.68 bits per heavy atom. The highest BCUT2D eigenvalue weighted by Crippen LogP contribution is 2.28. The summed E-state index contributed by atoms with van der Waals surface area (Å²) in [4.78, 5) is 2.36. The fraction of sp³-hybridized carbons (Fsp3) is 0.421. The van der Waals surface area contributed by atoms with Gasteiger partial charge in [-0.3, -0.25) is 0 Å². The quantitative estimate of drug-likeness (QED) is 0.733. The molecular weight excluding hydrogens is 314 g/mol. The number of hydrogen-bond acceptors (Lipinski definition) is 5. The summed E-state index contributed by atoms with van der Waals surface area (Å²) in [6.07, 6.45) is 3.41. The van der Waals surface area contributed by atoms with Crippen LogP contribution in [-0.4, -0.2) is 40.0 Å². The molecule has 1 fully saturated rings. The summed E-state index contributed by atoms with van der Waals surface area (Å²) in [7, 11) is 1.75. The third kappa shape index (κ3) is 3.16. The van der Waals surface area contributed by atoms with Gasteiger partial charge in [-0.2, -0.15) is 4.52 Å². The summed E-state index contributed by atoms with van der Waals surface area (Å²) in [6.45, 7) is 3.98. The predicted octanol–water partition coefficient (Wildman–Crippen LogP) is 2.90. The summed E-state index contributed by atoms with van der Waals surface area (Å²) in [5, 5.41) is 12.9. The Balaban J connectivity index is 1.43. The van der Waals surface area contributed by atoms with Crippen molar-refractivity contribution in [1.82, 2.24) is 19.8 Å². The molecule has 6 nitrogen and oxygen atoms in total. The number of nitrogens with zero attached hydrogens (tertiary/aromatic N) is 5. The number of hydrogen-bond donors (Lipinski definition) is 0. The summed E-state index contributed by atoms with van der Waals surface area (Å²) in [6, 6.07) is 12.4. The maximum atomic E-state index is 5.49. The maximum absolute atomic E-state index is 5.49. The molecule has 1 aromatic carbocycles. The lowest BCUT2D eigenvalue weighted by Crippen LogP contribution is -2.35. The standard InChI is InChI=1S/C19H23N5O/c1-14-20-21-18-7-8-19(22-24(14)18)23-11-9-15(10-12-23)13-16-5-3-4-6-17(16)25-2/h3-8,15H,9-13H2,1-2H3. The molecule has 3 heterocycles. The molecule has 0 atom stereocenters. The Kier molecular flexibility index (Phi) is 4.26. The summed E-state index contributed by atoms with van der Waals surface area (Å²) < 4.78 is 7.30. The van der Waals surface area contributed by atoms with E-state index in [-0.39, 0.29) is 0 Å². The zero-order valence-electron chi connectivity index (χ0n) is 14.7. The number of benzene rings is 1. The monoisotopic (exact) mass is 337 g/mol. The van der Waals surface area contributed by atoms with Crippen LogP contribution in [0, 0.1) is 12.8 Å². The van der Waals surface area contributed by atoms with Gasteiger partial charge in [0, 0.05) is 13.1 Å². The Bertz CT molecular complexity index is 867. The van der Waals surface area contributed by atoms with Gasteiger partial charge in [0.05, 0.1) is 7.11 Å². The number of aromatic nitrogens is 4. The van der Waals surface area contributed by atoms with E-state index in [0.29, 0.717) is 5.92 Å². The van der Waals surface area contributed by atoms with E-state index in [9.17, 15) is 0 Å². The fourth-order valence-electron chi connectivity index (χ4n) is 3.60. The topological polar surface area (TPSA) is 55.5 Å². The highest BCUT2D eigenvalue weighted by molar-refractivity contribution is 5.46. The van der Waals surface area contributed by atoms with Gasteiger partial charge in [0.15, 0.2) is 11.5 Å². The number of para-hydroxylation sites is 1. The highest BCUT2D eigenvalue weighted by Gasteiger charge is 2.22. The van der Waals surface area contributed by atoms with Crippen molar-refractivity contribution in [3.63, 3.8) is 0 Å². The Morgan fingerprint density at radius 2 is 1.88 bits per heavy atom. The van der Waals surface area contributed by atoms with Crippen LogP contribution in [0.4, 0.5) is 5.82 Å². The van der Waals surface area contributed by atoms with E-state index in [0.717, 1.165) is 42.5 Å². The van der Waals surface area contributed by atoms with Gasteiger partial charge in [0.2, 0.25) is 0 Å². The van der Waals surface area contributed by atoms with E-state index < -0.39 is 0 Å². The minimum absolute atomic E-state index is 0.688. The van der Waals surface area contributed by atoms with Crippen LogP contribution in [0.1, 0.15) is 24.2 Å². The molecule has 1 aliphatic heterocycles. The number of fused-ring (bicyclic) bond motifs is 1. The first-order valence-electron chi connectivity index (χ1n) is 8.80. The Hall–Kier alpha value is -2.63. The molecule has 0 radical (unpaired) electrons. The van der Waals surface area contributed by atoms with Crippen LogP contribution in [0.25, 0.3) is 5.65 Å². The van der Waals surface area contributed by atoms with Gasteiger partial charge in [0.25, 0.3) is 0 Å². The smallest absolute Gasteiger partial charge is 0.178 e. The molecule has 0 N–H and O–H groups in total. The largest absolute Gasteiger partial charge is 0.496 e. The average molecular weight is 337 g/mol. The van der Waals surface area contributed by atoms with Gasteiger partial charge < -0.3 is 9.64 Å². The fourth-order valence-corrected chi connectivity index (χ4v) is 3.60. The number of piperidine rings is 1. The lowest BCUT2D eigenvalue weighted by molar-refractivity contribution is 0.380. The van der Waals surface area contributed by atoms with E-state index in [1.165, 1.54) is 18.4 Å². The number of ether oxygens (including phenoxy) is 1. The van der Waals surface area contributed by atoms with Gasteiger partial charge in [-0.25, -0.2) is 0 Å². The van der Waals surface area contributed by atoms with Crippen LogP contribution < -0.4 is 9.64 Å². The third-order valence-corrected chi connectivity index (χ3v) is 5.04. The SMILES string of the molecule is COc1ccccc1CC1CCN(c2ccc3nnc(C)n3n2)CC1. The summed E-state index contributed by atoms with van der Waals surface area (Å²) in [5.74, 6) is 3.52. The van der Waals surface area contributed by atoms with Crippen LogP contribution in [0.2, 0.25) is 0 Å². The molecule has 0 amide bonds. The lowest BCUT2D eigenvalue weighted by atomic mass is 9.90. The molecule has 2 aromatic heterocycles. The van der Waals surface area contributed by atoms with Crippen LogP contribution in [0.3, 0.4) is 0 Å². The maximum Gasteiger partial charge on any atom is 0.178 e. The first-order valence-corrected chi connectivity index (χ1v) is 8.80. The van der Waals surface area contributed by atoms with Crippen LogP contribution in [-0.2, 0) is 6.42 Å². The predicted molar refractivity (Wildman–Crippen MR) is 97.2 cm³/mol. The molecule has 0 bridgehead atoms. The van der Waals surface area contributed by atoms with Gasteiger partial charge >= 0.3 is 0 Å². The number of rotatable bonds is 4. The average Bonchev–Trinajstić information content (AvgIpc) is 3.03. The van der Waals surface area contributed by atoms with Crippen molar-refractivity contribution >= 4 is 11.5 Å². The Labute approximate surface area is 147 Å². The molecule has 6 heteroatoms. The van der Waals surface area contributed by atoms with Crippen molar-refractivity contribution in [2.24, 2.45) is 5.92 Å². The van der Waals surface area contributed by atoms with Crippen LogP contribution in [0.15, 0.2) is 36.4 Å². The van der Waals surface area contributed by atoms with Crippen molar-refractivity contribution in [2.45, 2.75) is 26.2 Å². The molecule has 3 aromatic rings. The van der Waals surface area contributed by atoms with Gasteiger partial charge in [-0.05, 0) is 55.9 Å². The Morgan fingerprint density at radius 1 is 1.08 bits per heavy atom. The van der Waals surface area contributed by atoms with E-state index in [4.69, 9.17) is 9.84 Å². The van der Waals surface area contributed by atoms with Gasteiger partial charge in [-0.1, -0.05) is 18.2 Å². The van der Waals surface area contributed by atoms with Gasteiger partial charge in [-0.15, -0.1) is 15.3 Å². The molecule has 0 aliphatic carbocycles. The van der Waals surface area contributed by atoms with Crippen molar-refractivity contribution in [3.8, 4) is 5.75 Å². The number of anilines is 1. The van der Waals surface area contributed by atoms with E-state index in [2.05, 4.69) is 27.2 Å². The second-order valence-electron chi connectivity index (χ2n) is 6.66. The molecule has 1 aliphatic rings. The van der Waals surface area contributed by atoms with Crippen molar-refractivity contribution in [1.29, 1.82) is 0 Å². The molecule has 130 valence electrons. The molecule has 0 saturated carbocycles. The van der Waals surface area contributed by atoms with Crippen molar-refractivity contribution in [3.05, 3.63) is 47.8 Å².